The summed E-state index contributed by atoms with van der Waals surface area (Å²) in [6.07, 6.45) is 20.4. The predicted octanol–water partition coefficient (Wildman–Crippen LogP) is 11.3. The van der Waals surface area contributed by atoms with Crippen molar-refractivity contribution in [3.8, 4) is 0 Å². The molecule has 6 unspecified atom stereocenters. The van der Waals surface area contributed by atoms with Gasteiger partial charge in [0.05, 0.1) is 0 Å². The van der Waals surface area contributed by atoms with Gasteiger partial charge < -0.3 is 14.2 Å². The molecule has 6 atom stereocenters. The standard InChI is InChI=1S/C32H64Cl2O3/c1-7-17-27(3)19-15-23-31(35-25-13-9-11-21-29(5)33)37-32(24-16-20-28(4)18-8-2)36-26-14-10-12-22-30(6)34/h27-32H,7-26H2,1-6H3. The SMILES string of the molecule is CCCC(C)CCCC(OCCCCCC(C)Cl)OC(CCCC(C)CCC)OCCCCCC(C)Cl. The topological polar surface area (TPSA) is 27.7 Å². The van der Waals surface area contributed by atoms with Crippen molar-refractivity contribution in [2.24, 2.45) is 11.8 Å². The molecule has 0 fully saturated rings. The van der Waals surface area contributed by atoms with Crippen LogP contribution in [0.4, 0.5) is 0 Å². The summed E-state index contributed by atoms with van der Waals surface area (Å²) in [5, 5.41) is 0.525. The first-order valence-electron chi connectivity index (χ1n) is 15.9. The number of unbranched alkanes of at least 4 members (excludes halogenated alkanes) is 4. The Morgan fingerprint density at radius 1 is 0.459 bits per heavy atom. The molecule has 37 heavy (non-hydrogen) atoms. The summed E-state index contributed by atoms with van der Waals surface area (Å²) in [7, 11) is 0. The normalized spacial score (nSPS) is 16.9. The summed E-state index contributed by atoms with van der Waals surface area (Å²) in [5.74, 6) is 1.54. The highest BCUT2D eigenvalue weighted by atomic mass is 35.5. The molecule has 5 heteroatoms. The van der Waals surface area contributed by atoms with Crippen LogP contribution in [0.2, 0.25) is 0 Å². The van der Waals surface area contributed by atoms with Crippen LogP contribution >= 0.6 is 23.2 Å². The average molecular weight is 568 g/mol. The fourth-order valence-electron chi connectivity index (χ4n) is 4.93. The molecule has 0 aliphatic carbocycles. The lowest BCUT2D eigenvalue weighted by atomic mass is 9.99. The minimum Gasteiger partial charge on any atom is -0.353 e. The molecule has 0 amide bonds. The first kappa shape index (κ1) is 37.5. The second kappa shape index (κ2) is 26.7. The zero-order valence-electron chi connectivity index (χ0n) is 25.6. The van der Waals surface area contributed by atoms with Crippen LogP contribution < -0.4 is 0 Å². The Balaban J connectivity index is 4.81. The minimum absolute atomic E-state index is 0.170. The van der Waals surface area contributed by atoms with Gasteiger partial charge in [-0.3, -0.25) is 0 Å². The third-order valence-electron chi connectivity index (χ3n) is 7.24. The third kappa shape index (κ3) is 26.4. The van der Waals surface area contributed by atoms with Crippen molar-refractivity contribution in [3.05, 3.63) is 0 Å². The number of halogens is 2. The van der Waals surface area contributed by atoms with Crippen LogP contribution in [0.3, 0.4) is 0 Å². The Hall–Kier alpha value is 0.460. The second-order valence-corrected chi connectivity index (χ2v) is 13.1. The molecule has 0 aromatic heterocycles. The Bertz CT molecular complexity index is 421. The summed E-state index contributed by atoms with van der Waals surface area (Å²) in [6.45, 7) is 14.9. The highest BCUT2D eigenvalue weighted by Crippen LogP contribution is 2.21. The zero-order chi connectivity index (χ0) is 27.7. The summed E-state index contributed by atoms with van der Waals surface area (Å²) < 4.78 is 19.2. The van der Waals surface area contributed by atoms with Gasteiger partial charge >= 0.3 is 0 Å². The molecule has 0 aliphatic rings. The van der Waals surface area contributed by atoms with E-state index >= 15 is 0 Å². The lowest BCUT2D eigenvalue weighted by Gasteiger charge is -2.26. The van der Waals surface area contributed by atoms with Gasteiger partial charge in [-0.25, -0.2) is 0 Å². The predicted molar refractivity (Wildman–Crippen MR) is 164 cm³/mol. The Morgan fingerprint density at radius 3 is 1.22 bits per heavy atom. The van der Waals surface area contributed by atoms with Crippen LogP contribution in [0.15, 0.2) is 0 Å². The van der Waals surface area contributed by atoms with Crippen LogP contribution in [-0.4, -0.2) is 36.5 Å². The van der Waals surface area contributed by atoms with Crippen LogP contribution in [-0.2, 0) is 14.2 Å². The van der Waals surface area contributed by atoms with Gasteiger partial charge in [-0.15, -0.1) is 23.2 Å². The van der Waals surface area contributed by atoms with Gasteiger partial charge in [-0.1, -0.05) is 91.9 Å². The van der Waals surface area contributed by atoms with Gasteiger partial charge in [0.15, 0.2) is 12.6 Å². The number of hydrogen-bond acceptors (Lipinski definition) is 3. The highest BCUT2D eigenvalue weighted by molar-refractivity contribution is 6.20. The molecule has 0 spiro atoms. The van der Waals surface area contributed by atoms with Crippen molar-refractivity contribution in [3.63, 3.8) is 0 Å². The maximum atomic E-state index is 6.54. The first-order chi connectivity index (χ1) is 17.8. The van der Waals surface area contributed by atoms with E-state index in [4.69, 9.17) is 37.4 Å². The van der Waals surface area contributed by atoms with Crippen molar-refractivity contribution in [1.82, 2.24) is 0 Å². The highest BCUT2D eigenvalue weighted by Gasteiger charge is 2.19. The molecule has 0 saturated heterocycles. The smallest absolute Gasteiger partial charge is 0.160 e. The van der Waals surface area contributed by atoms with Gasteiger partial charge in [-0.05, 0) is 77.0 Å². The molecule has 0 aromatic carbocycles. The monoisotopic (exact) mass is 566 g/mol. The molecule has 0 radical (unpaired) electrons. The van der Waals surface area contributed by atoms with Gasteiger partial charge in [0.2, 0.25) is 0 Å². The van der Waals surface area contributed by atoms with Gasteiger partial charge in [-0.2, -0.15) is 0 Å². The van der Waals surface area contributed by atoms with Gasteiger partial charge in [0.25, 0.3) is 0 Å². The van der Waals surface area contributed by atoms with E-state index in [-0.39, 0.29) is 23.3 Å². The maximum absolute atomic E-state index is 6.54. The summed E-state index contributed by atoms with van der Waals surface area (Å²) in [5.41, 5.74) is 0. The minimum atomic E-state index is -0.170. The fourth-order valence-corrected chi connectivity index (χ4v) is 5.24. The molecular weight excluding hydrogens is 503 g/mol. The molecule has 3 nitrogen and oxygen atoms in total. The quantitative estimate of drug-likeness (QED) is 0.0535. The Labute approximate surface area is 242 Å². The van der Waals surface area contributed by atoms with Gasteiger partial charge in [0.1, 0.15) is 0 Å². The number of rotatable bonds is 28. The lowest BCUT2D eigenvalue weighted by molar-refractivity contribution is -0.250. The molecular formula is C32H64Cl2O3. The number of ether oxygens (including phenoxy) is 3. The Morgan fingerprint density at radius 2 is 0.865 bits per heavy atom. The van der Waals surface area contributed by atoms with Crippen LogP contribution in [0, 0.1) is 11.8 Å². The van der Waals surface area contributed by atoms with Crippen molar-refractivity contribution in [2.75, 3.05) is 13.2 Å². The van der Waals surface area contributed by atoms with E-state index in [0.717, 1.165) is 102 Å². The third-order valence-corrected chi connectivity index (χ3v) is 7.68. The molecule has 0 aliphatic heterocycles. The lowest BCUT2D eigenvalue weighted by Crippen LogP contribution is -2.28. The van der Waals surface area contributed by atoms with Gasteiger partial charge in [0, 0.05) is 24.0 Å². The zero-order valence-corrected chi connectivity index (χ0v) is 27.1. The van der Waals surface area contributed by atoms with E-state index in [0.29, 0.717) is 0 Å². The van der Waals surface area contributed by atoms with E-state index in [1.807, 2.05) is 0 Å². The maximum Gasteiger partial charge on any atom is 0.160 e. The molecule has 224 valence electrons. The largest absolute Gasteiger partial charge is 0.353 e. The summed E-state index contributed by atoms with van der Waals surface area (Å²) in [6, 6.07) is 0. The van der Waals surface area contributed by atoms with Crippen LogP contribution in [0.5, 0.6) is 0 Å². The second-order valence-electron chi connectivity index (χ2n) is 11.6. The first-order valence-corrected chi connectivity index (χ1v) is 16.8. The molecule has 0 saturated carbocycles. The molecule has 0 heterocycles. The number of alkyl halides is 2. The fraction of sp³-hybridized carbons (Fsp3) is 1.00. The number of hydrogen-bond donors (Lipinski definition) is 0. The molecule has 0 bridgehead atoms. The van der Waals surface area contributed by atoms with E-state index < -0.39 is 0 Å². The molecule has 0 rings (SSSR count). The summed E-state index contributed by atoms with van der Waals surface area (Å²) in [4.78, 5) is 0. The molecule has 0 aromatic rings. The van der Waals surface area contributed by atoms with Crippen molar-refractivity contribution in [1.29, 1.82) is 0 Å². The molecule has 0 N–H and O–H groups in total. The van der Waals surface area contributed by atoms with E-state index in [2.05, 4.69) is 41.5 Å². The van der Waals surface area contributed by atoms with Crippen LogP contribution in [0.25, 0.3) is 0 Å². The van der Waals surface area contributed by atoms with Crippen molar-refractivity contribution >= 4 is 23.2 Å². The van der Waals surface area contributed by atoms with Crippen molar-refractivity contribution < 1.29 is 14.2 Å². The Kier molecular flexibility index (Phi) is 27.0. The van der Waals surface area contributed by atoms with E-state index in [1.165, 1.54) is 38.5 Å². The van der Waals surface area contributed by atoms with Crippen molar-refractivity contribution in [2.45, 2.75) is 180 Å². The average Bonchev–Trinajstić information content (AvgIpc) is 2.82. The van der Waals surface area contributed by atoms with E-state index in [1.54, 1.807) is 0 Å². The van der Waals surface area contributed by atoms with E-state index in [9.17, 15) is 0 Å². The summed E-state index contributed by atoms with van der Waals surface area (Å²) >= 11 is 12.2. The van der Waals surface area contributed by atoms with Crippen LogP contribution in [0.1, 0.15) is 157 Å².